The number of aryl methyl sites for hydroxylation is 1. The minimum Gasteiger partial charge on any atom is -0.372 e. The van der Waals surface area contributed by atoms with E-state index in [9.17, 15) is 0 Å². The molecule has 0 aromatic carbocycles. The molecule has 4 nitrogen and oxygen atoms in total. The van der Waals surface area contributed by atoms with Crippen LogP contribution in [0.1, 0.15) is 5.56 Å². The standard InChI is InChI=1S/C11H11BrN4/c1-7-5-14-4-3-8(7)10-15-6-9(12)11(13-2)16-10/h3-6H,1-2H3,(H,13,15,16). The Balaban J connectivity index is 2.53. The minimum absolute atomic E-state index is 0.701. The molecule has 0 fully saturated rings. The summed E-state index contributed by atoms with van der Waals surface area (Å²) >= 11 is 3.38. The first-order chi connectivity index (χ1) is 7.72. The zero-order valence-corrected chi connectivity index (χ0v) is 10.6. The van der Waals surface area contributed by atoms with Crippen LogP contribution in [-0.4, -0.2) is 22.0 Å². The molecule has 0 aliphatic carbocycles. The Bertz CT molecular complexity index is 513. The molecular weight excluding hydrogens is 268 g/mol. The number of nitrogens with zero attached hydrogens (tertiary/aromatic N) is 3. The second-order valence-electron chi connectivity index (χ2n) is 3.33. The van der Waals surface area contributed by atoms with Gasteiger partial charge in [0.1, 0.15) is 5.82 Å². The molecule has 82 valence electrons. The van der Waals surface area contributed by atoms with Gasteiger partial charge in [-0.2, -0.15) is 0 Å². The lowest BCUT2D eigenvalue weighted by molar-refractivity contribution is 1.13. The third kappa shape index (κ3) is 2.04. The van der Waals surface area contributed by atoms with E-state index in [-0.39, 0.29) is 0 Å². The second-order valence-corrected chi connectivity index (χ2v) is 4.19. The summed E-state index contributed by atoms with van der Waals surface area (Å²) in [6.45, 7) is 1.99. The molecular formula is C11H11BrN4. The summed E-state index contributed by atoms with van der Waals surface area (Å²) in [5, 5.41) is 3.01. The number of anilines is 1. The maximum Gasteiger partial charge on any atom is 0.161 e. The van der Waals surface area contributed by atoms with Gasteiger partial charge in [-0.05, 0) is 34.5 Å². The Hall–Kier alpha value is -1.49. The summed E-state index contributed by atoms with van der Waals surface area (Å²) < 4.78 is 0.852. The van der Waals surface area contributed by atoms with E-state index in [0.717, 1.165) is 21.4 Å². The molecule has 0 saturated carbocycles. The molecule has 0 atom stereocenters. The van der Waals surface area contributed by atoms with Gasteiger partial charge in [0, 0.05) is 31.2 Å². The largest absolute Gasteiger partial charge is 0.372 e. The van der Waals surface area contributed by atoms with E-state index in [1.54, 1.807) is 18.6 Å². The number of hydrogen-bond donors (Lipinski definition) is 1. The van der Waals surface area contributed by atoms with Crippen LogP contribution in [0.2, 0.25) is 0 Å². The topological polar surface area (TPSA) is 50.7 Å². The number of halogens is 1. The lowest BCUT2D eigenvalue weighted by atomic mass is 10.1. The molecule has 1 N–H and O–H groups in total. The molecule has 16 heavy (non-hydrogen) atoms. The number of nitrogens with one attached hydrogen (secondary N) is 1. The average molecular weight is 279 g/mol. The Kier molecular flexibility index (Phi) is 3.14. The lowest BCUT2D eigenvalue weighted by Gasteiger charge is -2.06. The molecule has 5 heteroatoms. The highest BCUT2D eigenvalue weighted by molar-refractivity contribution is 9.10. The summed E-state index contributed by atoms with van der Waals surface area (Å²) in [6, 6.07) is 1.91. The van der Waals surface area contributed by atoms with Crippen molar-refractivity contribution in [3.63, 3.8) is 0 Å². The van der Waals surface area contributed by atoms with Crippen molar-refractivity contribution in [3.8, 4) is 11.4 Å². The van der Waals surface area contributed by atoms with Gasteiger partial charge in [-0.15, -0.1) is 0 Å². The Morgan fingerprint density at radius 2 is 2.12 bits per heavy atom. The fourth-order valence-corrected chi connectivity index (χ4v) is 1.79. The van der Waals surface area contributed by atoms with Crippen molar-refractivity contribution in [2.24, 2.45) is 0 Å². The van der Waals surface area contributed by atoms with E-state index < -0.39 is 0 Å². The lowest BCUT2D eigenvalue weighted by Crippen LogP contribution is -1.98. The van der Waals surface area contributed by atoms with Gasteiger partial charge < -0.3 is 5.32 Å². The highest BCUT2D eigenvalue weighted by Gasteiger charge is 2.07. The van der Waals surface area contributed by atoms with Crippen LogP contribution in [-0.2, 0) is 0 Å². The van der Waals surface area contributed by atoms with Crippen LogP contribution in [0.25, 0.3) is 11.4 Å². The number of pyridine rings is 1. The maximum absolute atomic E-state index is 4.42. The zero-order chi connectivity index (χ0) is 11.5. The first-order valence-corrected chi connectivity index (χ1v) is 5.63. The first kappa shape index (κ1) is 11.0. The molecule has 0 bridgehead atoms. The van der Waals surface area contributed by atoms with Gasteiger partial charge in [-0.3, -0.25) is 4.98 Å². The molecule has 2 rings (SSSR count). The normalized spacial score (nSPS) is 10.2. The first-order valence-electron chi connectivity index (χ1n) is 4.83. The van der Waals surface area contributed by atoms with Crippen LogP contribution in [0.15, 0.2) is 29.1 Å². The monoisotopic (exact) mass is 278 g/mol. The minimum atomic E-state index is 0.701. The van der Waals surface area contributed by atoms with Crippen LogP contribution in [0.3, 0.4) is 0 Å². The van der Waals surface area contributed by atoms with Crippen molar-refractivity contribution in [2.45, 2.75) is 6.92 Å². The Morgan fingerprint density at radius 3 is 2.81 bits per heavy atom. The van der Waals surface area contributed by atoms with Gasteiger partial charge in [0.05, 0.1) is 4.47 Å². The SMILES string of the molecule is CNc1nc(-c2ccncc2C)ncc1Br. The summed E-state index contributed by atoms with van der Waals surface area (Å²) in [7, 11) is 1.83. The van der Waals surface area contributed by atoms with Crippen LogP contribution in [0, 0.1) is 6.92 Å². The molecule has 0 amide bonds. The quantitative estimate of drug-likeness (QED) is 0.918. The van der Waals surface area contributed by atoms with Crippen molar-refractivity contribution >= 4 is 21.7 Å². The van der Waals surface area contributed by atoms with E-state index in [0.29, 0.717) is 5.82 Å². The van der Waals surface area contributed by atoms with Crippen molar-refractivity contribution in [3.05, 3.63) is 34.7 Å². The number of hydrogen-bond acceptors (Lipinski definition) is 4. The van der Waals surface area contributed by atoms with Crippen LogP contribution in [0.5, 0.6) is 0 Å². The second kappa shape index (κ2) is 4.57. The molecule has 0 unspecified atom stereocenters. The third-order valence-corrected chi connectivity index (χ3v) is 2.82. The van der Waals surface area contributed by atoms with Gasteiger partial charge in [-0.25, -0.2) is 9.97 Å². The molecule has 0 aliphatic rings. The van der Waals surface area contributed by atoms with Gasteiger partial charge in [0.2, 0.25) is 0 Å². The zero-order valence-electron chi connectivity index (χ0n) is 9.03. The smallest absolute Gasteiger partial charge is 0.161 e. The maximum atomic E-state index is 4.42. The van der Waals surface area contributed by atoms with Gasteiger partial charge in [-0.1, -0.05) is 0 Å². The molecule has 2 aromatic heterocycles. The summed E-state index contributed by atoms with van der Waals surface area (Å²) in [6.07, 6.45) is 5.29. The van der Waals surface area contributed by atoms with Gasteiger partial charge in [0.15, 0.2) is 5.82 Å². The summed E-state index contributed by atoms with van der Waals surface area (Å²) in [5.41, 5.74) is 2.06. The van der Waals surface area contributed by atoms with Crippen LogP contribution >= 0.6 is 15.9 Å². The van der Waals surface area contributed by atoms with Crippen molar-refractivity contribution in [2.75, 3.05) is 12.4 Å². The molecule has 0 aliphatic heterocycles. The molecule has 2 aromatic rings. The molecule has 2 heterocycles. The molecule has 0 radical (unpaired) electrons. The predicted molar refractivity (Wildman–Crippen MR) is 67.2 cm³/mol. The van der Waals surface area contributed by atoms with Gasteiger partial charge >= 0.3 is 0 Å². The van der Waals surface area contributed by atoms with E-state index in [4.69, 9.17) is 0 Å². The van der Waals surface area contributed by atoms with Crippen molar-refractivity contribution < 1.29 is 0 Å². The molecule has 0 spiro atoms. The van der Waals surface area contributed by atoms with Gasteiger partial charge in [0.25, 0.3) is 0 Å². The Labute approximate surface area is 102 Å². The van der Waals surface area contributed by atoms with Crippen LogP contribution < -0.4 is 5.32 Å². The predicted octanol–water partition coefficient (Wildman–Crippen LogP) is 2.65. The van der Waals surface area contributed by atoms with E-state index in [1.807, 2.05) is 20.0 Å². The van der Waals surface area contributed by atoms with Crippen molar-refractivity contribution in [1.82, 2.24) is 15.0 Å². The number of rotatable bonds is 2. The van der Waals surface area contributed by atoms with E-state index in [1.165, 1.54) is 0 Å². The summed E-state index contributed by atoms with van der Waals surface area (Å²) in [4.78, 5) is 12.8. The Morgan fingerprint density at radius 1 is 1.31 bits per heavy atom. The van der Waals surface area contributed by atoms with Crippen molar-refractivity contribution in [1.29, 1.82) is 0 Å². The number of aromatic nitrogens is 3. The highest BCUT2D eigenvalue weighted by Crippen LogP contribution is 2.24. The van der Waals surface area contributed by atoms with E-state index >= 15 is 0 Å². The van der Waals surface area contributed by atoms with Crippen LogP contribution in [0.4, 0.5) is 5.82 Å². The fourth-order valence-electron chi connectivity index (χ4n) is 1.40. The third-order valence-electron chi connectivity index (χ3n) is 2.24. The highest BCUT2D eigenvalue weighted by atomic mass is 79.9. The average Bonchev–Trinajstić information content (AvgIpc) is 2.31. The molecule has 0 saturated heterocycles. The van der Waals surface area contributed by atoms with E-state index in [2.05, 4.69) is 36.2 Å². The fraction of sp³-hybridized carbons (Fsp3) is 0.182. The summed E-state index contributed by atoms with van der Waals surface area (Å²) in [5.74, 6) is 1.48.